The van der Waals surface area contributed by atoms with Gasteiger partial charge in [0, 0.05) is 39.5 Å². The lowest BCUT2D eigenvalue weighted by Gasteiger charge is -2.37. The van der Waals surface area contributed by atoms with E-state index >= 15 is 0 Å². The zero-order chi connectivity index (χ0) is 73.2. The van der Waals surface area contributed by atoms with Crippen molar-refractivity contribution in [3.63, 3.8) is 0 Å². The number of nitrogens with zero attached hydrogens (tertiary/aromatic N) is 2. The molecule has 4 aliphatic carbocycles. The molecule has 0 fully saturated rings. The van der Waals surface area contributed by atoms with Crippen LogP contribution >= 0.6 is 0 Å². The van der Waals surface area contributed by atoms with Crippen molar-refractivity contribution in [2.24, 2.45) is 0 Å². The Morgan fingerprint density at radius 3 is 0.952 bits per heavy atom. The molecule has 0 saturated carbocycles. The van der Waals surface area contributed by atoms with E-state index in [0.717, 1.165) is 0 Å². The van der Waals surface area contributed by atoms with E-state index in [9.17, 15) is 0 Å². The van der Waals surface area contributed by atoms with Gasteiger partial charge in [0.1, 0.15) is 0 Å². The van der Waals surface area contributed by atoms with E-state index in [4.69, 9.17) is 0 Å². The monoisotopic (exact) mass is 1380 g/mol. The van der Waals surface area contributed by atoms with Crippen molar-refractivity contribution >= 4 is 34.1 Å². The van der Waals surface area contributed by atoms with Gasteiger partial charge in [-0.1, -0.05) is 296 Å². The van der Waals surface area contributed by atoms with Gasteiger partial charge in [-0.25, -0.2) is 0 Å². The van der Waals surface area contributed by atoms with E-state index in [-0.39, 0.29) is 10.8 Å². The Hall–Kier alpha value is -8.98. The van der Waals surface area contributed by atoms with Crippen molar-refractivity contribution in [3.8, 4) is 22.3 Å². The molecule has 0 atom stereocenters. The summed E-state index contributed by atoms with van der Waals surface area (Å²) in [5.41, 5.74) is 41.2. The van der Waals surface area contributed by atoms with Crippen LogP contribution in [0.4, 0.5) is 34.1 Å². The highest BCUT2D eigenvalue weighted by Gasteiger charge is 2.48. The van der Waals surface area contributed by atoms with Crippen LogP contribution in [0.1, 0.15) is 248 Å². The van der Waals surface area contributed by atoms with Gasteiger partial charge in [0.2, 0.25) is 0 Å². The zero-order valence-electron chi connectivity index (χ0n) is 65.9. The maximum atomic E-state index is 2.60. The minimum absolute atomic E-state index is 0.0787. The van der Waals surface area contributed by atoms with Crippen molar-refractivity contribution in [1.29, 1.82) is 0 Å². The Kier molecular flexibility index (Phi) is 23.8. The molecule has 0 unspecified atom stereocenters. The molecule has 2 heteroatoms. The summed E-state index contributed by atoms with van der Waals surface area (Å²) in [6, 6.07) is 84.6. The van der Waals surface area contributed by atoms with Gasteiger partial charge in [0.25, 0.3) is 0 Å². The fourth-order valence-electron chi connectivity index (χ4n) is 17.7. The predicted octanol–water partition coefficient (Wildman–Crippen LogP) is 29.2. The molecule has 2 nitrogen and oxygen atoms in total. The zero-order valence-corrected chi connectivity index (χ0v) is 65.9. The average Bonchev–Trinajstić information content (AvgIpc) is 1.56. The molecule has 0 aliphatic heterocycles. The largest absolute Gasteiger partial charge is 0.310 e. The van der Waals surface area contributed by atoms with E-state index in [1.165, 1.54) is 310 Å². The van der Waals surface area contributed by atoms with Gasteiger partial charge in [-0.2, -0.15) is 0 Å². The molecule has 0 radical (unpaired) electrons. The van der Waals surface area contributed by atoms with E-state index in [0.29, 0.717) is 0 Å². The molecule has 540 valence electrons. The second-order valence-corrected chi connectivity index (χ2v) is 32.1. The first kappa shape index (κ1) is 74.3. The van der Waals surface area contributed by atoms with Gasteiger partial charge in [-0.05, 0) is 287 Å². The molecular weight excluding hydrogens is 1270 g/mol. The van der Waals surface area contributed by atoms with Crippen LogP contribution in [0.25, 0.3) is 22.3 Å². The van der Waals surface area contributed by atoms with Crippen LogP contribution in [0.2, 0.25) is 0 Å². The number of aryl methyl sites for hydroxylation is 14. The maximum absolute atomic E-state index is 2.60. The number of hydrogen-bond acceptors (Lipinski definition) is 2. The first-order valence-electron chi connectivity index (χ1n) is 40.8. The van der Waals surface area contributed by atoms with Gasteiger partial charge >= 0.3 is 0 Å². The third-order valence-electron chi connectivity index (χ3n) is 24.2. The first-order chi connectivity index (χ1) is 51.1. The van der Waals surface area contributed by atoms with Crippen LogP contribution in [0.15, 0.2) is 218 Å². The topological polar surface area (TPSA) is 6.48 Å². The van der Waals surface area contributed by atoms with Crippen molar-refractivity contribution in [3.05, 3.63) is 330 Å². The molecule has 0 amide bonds. The normalized spacial score (nSPS) is 13.5. The standard InChI is InChI=1S/C57H68N2.C31H26.C15H24/c1-7-9-11-13-15-17-39-57(40-18-16-14-12-10-8-2)55-41-51(58(47-27-19-43(3)20-28-47)48-29-21-44(4)22-30-48)35-37-53(55)54-38-36-52(42-56(54)57)59(49-31-23-45(5)24-32-49)50-33-25-46(6)26-34-50;1-19-3-13-27-28-14-4-20(2)16-30(28)31(29(27)15-19,25-11-9-21-5-7-23(21)17-25)26-12-10-22-6-8-24(22)18-26;1-5-6-7-8-9-15-11-13(3)12(2)10-14(15)4/h19-38,41-42H,7-18,39-40H2,1-6H3;3-4,9-18H,5-8H2,1-2H3;10-11H,5-9H2,1-4H3. The fraction of sp³-hybridized carbons (Fsp3) is 0.359. The molecule has 11 aromatic carbocycles. The molecular formula is C103H118N2. The summed E-state index contributed by atoms with van der Waals surface area (Å²) in [5.74, 6) is 0. The quantitative estimate of drug-likeness (QED) is 0.0474. The first-order valence-corrected chi connectivity index (χ1v) is 40.8. The number of fused-ring (bicyclic) bond motifs is 8. The maximum Gasteiger partial charge on any atom is 0.0713 e. The summed E-state index contributed by atoms with van der Waals surface area (Å²) in [6.45, 7) is 26.7. The van der Waals surface area contributed by atoms with Gasteiger partial charge in [-0.15, -0.1) is 0 Å². The molecule has 11 aromatic rings. The number of hydrogen-bond donors (Lipinski definition) is 0. The second-order valence-electron chi connectivity index (χ2n) is 32.1. The summed E-state index contributed by atoms with van der Waals surface area (Å²) in [7, 11) is 0. The second kappa shape index (κ2) is 33.6. The van der Waals surface area contributed by atoms with Crippen LogP contribution in [-0.2, 0) is 42.9 Å². The van der Waals surface area contributed by atoms with E-state index in [1.807, 2.05) is 0 Å². The lowest BCUT2D eigenvalue weighted by Crippen LogP contribution is -2.30. The summed E-state index contributed by atoms with van der Waals surface area (Å²) in [6.07, 6.45) is 29.5. The molecule has 15 rings (SSSR count). The summed E-state index contributed by atoms with van der Waals surface area (Å²) in [4.78, 5) is 4.95. The Balaban J connectivity index is 0.000000174. The van der Waals surface area contributed by atoms with Crippen LogP contribution in [0, 0.1) is 62.3 Å². The molecule has 4 aliphatic rings. The van der Waals surface area contributed by atoms with E-state index in [2.05, 4.69) is 311 Å². The smallest absolute Gasteiger partial charge is 0.0713 e. The van der Waals surface area contributed by atoms with Gasteiger partial charge in [0.15, 0.2) is 0 Å². The fourth-order valence-corrected chi connectivity index (χ4v) is 17.7. The molecule has 0 N–H and O–H groups in total. The van der Waals surface area contributed by atoms with Crippen LogP contribution < -0.4 is 9.80 Å². The molecule has 105 heavy (non-hydrogen) atoms. The lowest BCUT2D eigenvalue weighted by molar-refractivity contribution is 0.398. The third kappa shape index (κ3) is 16.0. The summed E-state index contributed by atoms with van der Waals surface area (Å²) < 4.78 is 0. The van der Waals surface area contributed by atoms with Crippen LogP contribution in [0.3, 0.4) is 0 Å². The summed E-state index contributed by atoms with van der Waals surface area (Å²) >= 11 is 0. The van der Waals surface area contributed by atoms with Crippen molar-refractivity contribution in [2.45, 2.75) is 242 Å². The molecule has 0 bridgehead atoms. The van der Waals surface area contributed by atoms with Crippen molar-refractivity contribution in [2.75, 3.05) is 9.80 Å². The van der Waals surface area contributed by atoms with Gasteiger partial charge in [-0.3, -0.25) is 0 Å². The van der Waals surface area contributed by atoms with Crippen molar-refractivity contribution in [1.82, 2.24) is 0 Å². The number of unbranched alkanes of at least 4 members (excludes halogenated alkanes) is 13. The molecule has 0 heterocycles. The van der Waals surface area contributed by atoms with Crippen LogP contribution in [0.5, 0.6) is 0 Å². The Morgan fingerprint density at radius 1 is 0.257 bits per heavy atom. The highest BCUT2D eigenvalue weighted by atomic mass is 15.1. The Labute approximate surface area is 633 Å². The Morgan fingerprint density at radius 2 is 0.581 bits per heavy atom. The molecule has 0 aromatic heterocycles. The van der Waals surface area contributed by atoms with Gasteiger partial charge in [0.05, 0.1) is 5.41 Å². The van der Waals surface area contributed by atoms with Gasteiger partial charge < -0.3 is 9.80 Å². The number of rotatable bonds is 27. The number of benzene rings is 11. The SMILES string of the molecule is CCCCCCCCC1(CCCCCCCC)c2cc(N(c3ccc(C)cc3)c3ccc(C)cc3)ccc2-c2ccc(N(c3ccc(C)cc3)c3ccc(C)cc3)cc21.CCCCCCc1cc(C)c(C)cc1C.Cc1ccc2c(c1)C(c1ccc3c(c1)CC3)(c1ccc3c(c1)CC3)c1cc(C)ccc1-2. The van der Waals surface area contributed by atoms with Crippen molar-refractivity contribution < 1.29 is 0 Å². The third-order valence-corrected chi connectivity index (χ3v) is 24.2. The number of anilines is 6. The van der Waals surface area contributed by atoms with E-state index in [1.54, 1.807) is 5.56 Å². The Bertz CT molecular complexity index is 4410. The molecule has 0 saturated heterocycles. The highest BCUT2D eigenvalue weighted by molar-refractivity contribution is 5.90. The lowest BCUT2D eigenvalue weighted by atomic mass is 9.65. The van der Waals surface area contributed by atoms with E-state index < -0.39 is 0 Å². The minimum Gasteiger partial charge on any atom is -0.310 e. The minimum atomic E-state index is -0.238. The predicted molar refractivity (Wildman–Crippen MR) is 453 cm³/mol. The molecule has 0 spiro atoms. The highest BCUT2D eigenvalue weighted by Crippen LogP contribution is 2.59. The average molecular weight is 1380 g/mol. The van der Waals surface area contributed by atoms with Crippen LogP contribution in [-0.4, -0.2) is 0 Å². The summed E-state index contributed by atoms with van der Waals surface area (Å²) in [5, 5.41) is 0.